The summed E-state index contributed by atoms with van der Waals surface area (Å²) in [7, 11) is 0. The van der Waals surface area contributed by atoms with E-state index in [0.29, 0.717) is 59.6 Å². The number of hydrogen-bond donors (Lipinski definition) is 0. The molecule has 3 aromatic heterocycles. The van der Waals surface area contributed by atoms with Gasteiger partial charge in [-0.1, -0.05) is 35.0 Å². The van der Waals surface area contributed by atoms with E-state index in [0.717, 1.165) is 23.0 Å². The average Bonchev–Trinajstić information content (AvgIpc) is 3.39. The van der Waals surface area contributed by atoms with Crippen molar-refractivity contribution >= 4 is 23.3 Å². The Bertz CT molecular complexity index is 1400. The summed E-state index contributed by atoms with van der Waals surface area (Å²) in [5, 5.41) is 9.21. The second-order valence-corrected chi connectivity index (χ2v) is 9.10. The summed E-state index contributed by atoms with van der Waals surface area (Å²) in [6.45, 7) is 9.97. The molecule has 0 unspecified atom stereocenters. The van der Waals surface area contributed by atoms with Crippen molar-refractivity contribution < 1.29 is 9.32 Å². The molecule has 0 saturated carbocycles. The van der Waals surface area contributed by atoms with Crippen LogP contribution in [0.1, 0.15) is 33.3 Å². The number of aromatic nitrogens is 5. The van der Waals surface area contributed by atoms with Crippen molar-refractivity contribution in [2.24, 2.45) is 0 Å². The van der Waals surface area contributed by atoms with Gasteiger partial charge in [-0.05, 0) is 39.8 Å². The van der Waals surface area contributed by atoms with Crippen LogP contribution in [0.4, 0.5) is 5.82 Å². The molecule has 0 atom stereocenters. The minimum absolute atomic E-state index is 0.111. The molecule has 1 aliphatic rings. The zero-order chi connectivity index (χ0) is 24.7. The van der Waals surface area contributed by atoms with Crippen molar-refractivity contribution in [2.45, 2.75) is 27.7 Å². The fourth-order valence-corrected chi connectivity index (χ4v) is 4.65. The maximum Gasteiger partial charge on any atom is 0.259 e. The molecule has 0 bridgehead atoms. The van der Waals surface area contributed by atoms with Crippen LogP contribution in [0, 0.1) is 27.7 Å². The quantitative estimate of drug-likeness (QED) is 0.423. The molecule has 1 aliphatic heterocycles. The number of nitrogens with zero attached hydrogens (tertiary/aromatic N) is 7. The van der Waals surface area contributed by atoms with Gasteiger partial charge in [-0.25, -0.2) is 14.6 Å². The molecule has 4 aromatic rings. The third kappa shape index (κ3) is 4.39. The molecule has 0 N–H and O–H groups in total. The molecule has 1 fully saturated rings. The van der Waals surface area contributed by atoms with Crippen molar-refractivity contribution in [1.82, 2.24) is 29.8 Å². The fraction of sp³-hybridized carbons (Fsp3) is 0.320. The van der Waals surface area contributed by atoms with Gasteiger partial charge in [0.25, 0.3) is 5.91 Å². The number of anilines is 1. The van der Waals surface area contributed by atoms with Gasteiger partial charge in [0.15, 0.2) is 5.82 Å². The Hall–Kier alpha value is -3.72. The lowest BCUT2D eigenvalue weighted by Gasteiger charge is -2.35. The zero-order valence-corrected chi connectivity index (χ0v) is 20.9. The van der Waals surface area contributed by atoms with Crippen LogP contribution in [0.25, 0.3) is 17.1 Å². The first-order chi connectivity index (χ1) is 16.8. The topological polar surface area (TPSA) is 93.2 Å². The molecular formula is C25H26ClN7O2. The van der Waals surface area contributed by atoms with Crippen molar-refractivity contribution in [2.75, 3.05) is 31.1 Å². The minimum atomic E-state index is -0.111. The Morgan fingerprint density at radius 1 is 0.971 bits per heavy atom. The molecular weight excluding hydrogens is 466 g/mol. The van der Waals surface area contributed by atoms with Gasteiger partial charge in [-0.3, -0.25) is 4.79 Å². The van der Waals surface area contributed by atoms with Crippen molar-refractivity contribution in [3.8, 4) is 17.1 Å². The van der Waals surface area contributed by atoms with Gasteiger partial charge in [0, 0.05) is 43.5 Å². The van der Waals surface area contributed by atoms with E-state index in [4.69, 9.17) is 16.1 Å². The molecule has 0 spiro atoms. The minimum Gasteiger partial charge on any atom is -0.360 e. The second-order valence-electron chi connectivity index (χ2n) is 8.69. The monoisotopic (exact) mass is 491 g/mol. The highest BCUT2D eigenvalue weighted by Gasteiger charge is 2.30. The number of halogens is 1. The Kier molecular flexibility index (Phi) is 6.02. The number of benzene rings is 1. The van der Waals surface area contributed by atoms with Gasteiger partial charge >= 0.3 is 0 Å². The fourth-order valence-electron chi connectivity index (χ4n) is 4.43. The van der Waals surface area contributed by atoms with Gasteiger partial charge in [-0.2, -0.15) is 5.10 Å². The Morgan fingerprint density at radius 2 is 1.69 bits per heavy atom. The van der Waals surface area contributed by atoms with Gasteiger partial charge in [0.2, 0.25) is 0 Å². The number of carbonyl (C=O) groups excluding carboxylic acids is 1. The molecule has 1 amide bonds. The normalized spacial score (nSPS) is 14.0. The highest BCUT2D eigenvalue weighted by atomic mass is 35.5. The number of rotatable bonds is 4. The molecule has 0 radical (unpaired) electrons. The largest absolute Gasteiger partial charge is 0.360 e. The van der Waals surface area contributed by atoms with E-state index in [1.807, 2.05) is 60.7 Å². The third-order valence-corrected chi connectivity index (χ3v) is 6.46. The number of amides is 1. The molecule has 180 valence electrons. The second kappa shape index (κ2) is 9.14. The van der Waals surface area contributed by atoms with Crippen LogP contribution in [0.2, 0.25) is 5.02 Å². The highest BCUT2D eigenvalue weighted by Crippen LogP contribution is 2.32. The van der Waals surface area contributed by atoms with Gasteiger partial charge < -0.3 is 14.3 Å². The van der Waals surface area contributed by atoms with E-state index in [-0.39, 0.29) is 5.91 Å². The van der Waals surface area contributed by atoms with E-state index >= 15 is 0 Å². The number of piperazine rings is 1. The van der Waals surface area contributed by atoms with Crippen LogP contribution in [-0.4, -0.2) is 61.9 Å². The SMILES string of the molecule is Cc1cc(C)n(-c2cc(N3CCN(C(=O)c4c(-c5ccccc5Cl)noc4C)CC3)nc(C)n2)n1. The van der Waals surface area contributed by atoms with E-state index in [9.17, 15) is 4.79 Å². The van der Waals surface area contributed by atoms with Crippen molar-refractivity contribution in [3.63, 3.8) is 0 Å². The van der Waals surface area contributed by atoms with Crippen LogP contribution in [0.15, 0.2) is 40.9 Å². The van der Waals surface area contributed by atoms with Gasteiger partial charge in [-0.15, -0.1) is 0 Å². The van der Waals surface area contributed by atoms with E-state index in [1.165, 1.54) is 0 Å². The standard InChI is InChI=1S/C25H26ClN7O2/c1-15-13-16(2)33(29-15)22-14-21(27-18(4)28-22)31-9-11-32(12-10-31)25(34)23-17(3)35-30-24(23)19-7-5-6-8-20(19)26/h5-8,13-14H,9-12H2,1-4H3. The highest BCUT2D eigenvalue weighted by molar-refractivity contribution is 6.33. The Labute approximate surface area is 208 Å². The first kappa shape index (κ1) is 23.0. The summed E-state index contributed by atoms with van der Waals surface area (Å²) in [6, 6.07) is 11.3. The van der Waals surface area contributed by atoms with Crippen molar-refractivity contribution in [3.05, 3.63) is 70.0 Å². The summed E-state index contributed by atoms with van der Waals surface area (Å²) < 4.78 is 7.23. The van der Waals surface area contributed by atoms with Crippen LogP contribution in [-0.2, 0) is 0 Å². The van der Waals surface area contributed by atoms with E-state index < -0.39 is 0 Å². The van der Waals surface area contributed by atoms with Crippen LogP contribution in [0.3, 0.4) is 0 Å². The molecule has 4 heterocycles. The van der Waals surface area contributed by atoms with Gasteiger partial charge in [0.05, 0.1) is 10.7 Å². The summed E-state index contributed by atoms with van der Waals surface area (Å²) >= 11 is 6.37. The first-order valence-electron chi connectivity index (χ1n) is 11.5. The molecule has 1 saturated heterocycles. The first-order valence-corrected chi connectivity index (χ1v) is 11.8. The maximum absolute atomic E-state index is 13.5. The van der Waals surface area contributed by atoms with Crippen LogP contribution in [0.5, 0.6) is 0 Å². The van der Waals surface area contributed by atoms with Crippen LogP contribution >= 0.6 is 11.6 Å². The number of hydrogen-bond acceptors (Lipinski definition) is 7. The lowest BCUT2D eigenvalue weighted by atomic mass is 10.0. The lowest BCUT2D eigenvalue weighted by molar-refractivity contribution is 0.0745. The van der Waals surface area contributed by atoms with Crippen LogP contribution < -0.4 is 4.90 Å². The molecule has 35 heavy (non-hydrogen) atoms. The molecule has 9 nitrogen and oxygen atoms in total. The zero-order valence-electron chi connectivity index (χ0n) is 20.1. The maximum atomic E-state index is 13.5. The van der Waals surface area contributed by atoms with E-state index in [2.05, 4.69) is 25.1 Å². The summed E-state index contributed by atoms with van der Waals surface area (Å²) in [5.41, 5.74) is 3.56. The molecule has 10 heteroatoms. The molecule has 1 aromatic carbocycles. The summed E-state index contributed by atoms with van der Waals surface area (Å²) in [6.07, 6.45) is 0. The Balaban J connectivity index is 1.35. The van der Waals surface area contributed by atoms with Gasteiger partial charge in [0.1, 0.15) is 28.7 Å². The Morgan fingerprint density at radius 3 is 2.37 bits per heavy atom. The predicted molar refractivity (Wildman–Crippen MR) is 133 cm³/mol. The third-order valence-electron chi connectivity index (χ3n) is 6.13. The summed E-state index contributed by atoms with van der Waals surface area (Å²) in [4.78, 5) is 26.7. The lowest BCUT2D eigenvalue weighted by Crippen LogP contribution is -2.49. The summed E-state index contributed by atoms with van der Waals surface area (Å²) in [5.74, 6) is 2.60. The molecule has 0 aliphatic carbocycles. The van der Waals surface area contributed by atoms with Crippen molar-refractivity contribution in [1.29, 1.82) is 0 Å². The van der Waals surface area contributed by atoms with E-state index in [1.54, 1.807) is 13.0 Å². The number of aryl methyl sites for hydroxylation is 4. The number of carbonyl (C=O) groups is 1. The molecule has 5 rings (SSSR count). The smallest absolute Gasteiger partial charge is 0.259 e. The predicted octanol–water partition coefficient (Wildman–Crippen LogP) is 4.17. The average molecular weight is 492 g/mol.